The lowest BCUT2D eigenvalue weighted by molar-refractivity contribution is -0.272. The number of alkyl carbamates (subject to hydrolysis) is 1. The Kier molecular flexibility index (Phi) is 60.4. The third-order valence-corrected chi connectivity index (χ3v) is 22.6. The highest BCUT2D eigenvalue weighted by atomic mass is 35.6. The van der Waals surface area contributed by atoms with Crippen molar-refractivity contribution < 1.29 is 99.8 Å². The molecule has 1 fully saturated rings. The van der Waals surface area contributed by atoms with Crippen LogP contribution in [0.15, 0.2) is 0 Å². The Balaban J connectivity index is 3.54. The van der Waals surface area contributed by atoms with Crippen LogP contribution in [-0.4, -0.2) is 150 Å². The molecule has 0 saturated carbocycles. The van der Waals surface area contributed by atoms with Gasteiger partial charge < -0.3 is 67.8 Å². The van der Waals surface area contributed by atoms with Crippen molar-refractivity contribution in [3.8, 4) is 0 Å². The van der Waals surface area contributed by atoms with Crippen molar-refractivity contribution in [3.63, 3.8) is 0 Å². The molecule has 1 rings (SSSR count). The molecule has 1 heterocycles. The molecule has 2 amide bonds. The number of phosphoric acid groups is 1. The van der Waals surface area contributed by atoms with Gasteiger partial charge in [-0.3, -0.25) is 23.7 Å². The first kappa shape index (κ1) is 107. The van der Waals surface area contributed by atoms with Gasteiger partial charge in [-0.25, -0.2) is 18.9 Å². The summed E-state index contributed by atoms with van der Waals surface area (Å²) < 4.78 is 68.5. The number of alkyl halides is 9. The molecule has 0 spiro atoms. The van der Waals surface area contributed by atoms with E-state index in [4.69, 9.17) is 156 Å². The first-order valence-electron chi connectivity index (χ1n) is 41.1. The highest BCUT2D eigenvalue weighted by Crippen LogP contribution is 2.44. The second-order valence-electron chi connectivity index (χ2n) is 30.2. The van der Waals surface area contributed by atoms with Gasteiger partial charge in [0.05, 0.1) is 25.7 Å². The summed E-state index contributed by atoms with van der Waals surface area (Å²) in [5, 5.41) is 5.14. The van der Waals surface area contributed by atoms with Crippen molar-refractivity contribution >= 4 is 154 Å². The quantitative estimate of drug-likeness (QED) is 0.0145. The Morgan fingerprint density at radius 3 is 1.26 bits per heavy atom. The second-order valence-corrected chi connectivity index (χ2v) is 38.5. The lowest BCUT2D eigenvalue weighted by Crippen LogP contribution is -2.66. The number of rotatable bonds is 66. The summed E-state index contributed by atoms with van der Waals surface area (Å²) in [5.41, 5.74) is -3.63. The predicted molar refractivity (Wildman–Crippen MR) is 440 cm³/mol. The minimum Gasteiger partial charge on any atom is -0.466 e. The molecule has 0 radical (unpaired) electrons. The molecule has 1 aliphatic heterocycles. The van der Waals surface area contributed by atoms with Crippen molar-refractivity contribution in [1.29, 1.82) is 0 Å². The number of unbranched alkanes of at least 4 members (excludes halogenated alkanes) is 38. The summed E-state index contributed by atoms with van der Waals surface area (Å²) in [6, 6.07) is -3.36. The normalized spacial score (nSPS) is 17.0. The van der Waals surface area contributed by atoms with Crippen LogP contribution in [0.4, 0.5) is 14.4 Å². The number of halogens is 9. The number of carbonyl (C=O) groups excluding carboxylic acids is 7. The maximum Gasteiger partial charge on any atom is 0.509 e. The monoisotopic (exact) mass is 1780 g/mol. The molecule has 23 nitrogen and oxygen atoms in total. The SMILES string of the molecule is CCCCCCCCCCCCCC(=O)OCCCCCCCCCCCCCC(=O)O[C@@H]1[C@@H](NC(=O)OCC(Cl)(Cl)Cl)[C@H](OC[C@@H](COC(=O)OC(C)(C)C(Cl)(Cl)Cl)NC(=O)C[C@@H](CCCCCCCCCCC)OC(=O)CCCCCCCCCCCCC)O[C@H](COC(=O)OC(C)(C)C(Cl)(Cl)Cl)[C@H]1OP(=O)(O)O. The van der Waals surface area contributed by atoms with E-state index in [1.54, 1.807) is 0 Å². The number of nitrogens with one attached hydrogen (secondary N) is 2. The van der Waals surface area contributed by atoms with Crippen LogP contribution in [-0.2, 0) is 75.6 Å². The van der Waals surface area contributed by atoms with E-state index < -0.39 is 136 Å². The second kappa shape index (κ2) is 62.5. The molecular weight excluding hydrogens is 1650 g/mol. The van der Waals surface area contributed by atoms with Gasteiger partial charge in [0.2, 0.25) is 17.3 Å². The topological polar surface area (TPSA) is 303 Å². The molecule has 0 aliphatic carbocycles. The molecule has 7 atom stereocenters. The summed E-state index contributed by atoms with van der Waals surface area (Å²) >= 11 is 54.5. The van der Waals surface area contributed by atoms with Crippen LogP contribution in [0.1, 0.15) is 350 Å². The van der Waals surface area contributed by atoms with Crippen molar-refractivity contribution in [3.05, 3.63) is 0 Å². The van der Waals surface area contributed by atoms with Gasteiger partial charge in [-0.05, 0) is 66.2 Å². The van der Waals surface area contributed by atoms with Gasteiger partial charge >= 0.3 is 44.1 Å². The summed E-state index contributed by atoms with van der Waals surface area (Å²) in [7, 11) is -5.69. The van der Waals surface area contributed by atoms with Crippen LogP contribution in [0.5, 0.6) is 0 Å². The first-order valence-corrected chi connectivity index (χ1v) is 46.1. The molecule has 0 aromatic rings. The minimum absolute atomic E-state index is 0.123. The Bertz CT molecular complexity index is 2550. The number of phosphoric ester groups is 1. The maximum atomic E-state index is 14.4. The summed E-state index contributed by atoms with van der Waals surface area (Å²) in [4.78, 5) is 116. The molecule has 0 bridgehead atoms. The van der Waals surface area contributed by atoms with E-state index in [1.807, 2.05) is 0 Å². The largest absolute Gasteiger partial charge is 0.509 e. The third-order valence-electron chi connectivity index (χ3n) is 19.1. The number of hydrogen-bond donors (Lipinski definition) is 4. The number of esters is 3. The van der Waals surface area contributed by atoms with Crippen LogP contribution >= 0.6 is 112 Å². The molecule has 33 heteroatoms. The molecule has 1 saturated heterocycles. The van der Waals surface area contributed by atoms with E-state index in [9.17, 15) is 47.9 Å². The fourth-order valence-corrected chi connectivity index (χ4v) is 13.2. The average molecular weight is 1790 g/mol. The van der Waals surface area contributed by atoms with E-state index in [-0.39, 0.29) is 31.7 Å². The summed E-state index contributed by atoms with van der Waals surface area (Å²) in [6.45, 7) is 8.67. The van der Waals surface area contributed by atoms with E-state index in [0.29, 0.717) is 38.7 Å². The van der Waals surface area contributed by atoms with E-state index in [0.717, 1.165) is 141 Å². The molecule has 0 aromatic heterocycles. The standard InChI is InChI=1S/C78H136Cl9N2O21P/c1-8-11-14-17-20-23-26-31-36-41-46-51-64(91)100-54-49-44-39-34-29-25-28-33-38-43-48-53-66(93)107-69-67(89-71(94)104-59-76(79,80)81)70(106-62(68(69)110-111(97,98)99)58-103-73(96)109-75(6,7)78(85,86)87)101-56-60(57-102-72(95)108-74(4,5)77(82,83)84)88-63(90)55-61(50-45-40-35-30-22-19-16-13-10-3)105-65(92)52-47-42-37-32-27-24-21-18-15-12-9-2/h60-62,67-70H,8-59H2,1-7H3,(H,88,90)(H,89,94)(H2,97,98,99)/t60-,61+,62+,67+,68+,69+,70+/m0/s1. The van der Waals surface area contributed by atoms with Crippen molar-refractivity contribution in [2.45, 2.75) is 416 Å². The van der Waals surface area contributed by atoms with Crippen molar-refractivity contribution in [2.24, 2.45) is 0 Å². The van der Waals surface area contributed by atoms with Crippen LogP contribution in [0.25, 0.3) is 0 Å². The number of carbonyl (C=O) groups is 7. The lowest BCUT2D eigenvalue weighted by Gasteiger charge is -2.45. The van der Waals surface area contributed by atoms with Crippen LogP contribution in [0.3, 0.4) is 0 Å². The minimum atomic E-state index is -5.69. The van der Waals surface area contributed by atoms with Gasteiger partial charge in [-0.1, -0.05) is 363 Å². The third kappa shape index (κ3) is 57.2. The van der Waals surface area contributed by atoms with Gasteiger partial charge in [-0.2, -0.15) is 0 Å². The molecule has 652 valence electrons. The van der Waals surface area contributed by atoms with Gasteiger partial charge in [0.1, 0.15) is 44.2 Å². The molecule has 111 heavy (non-hydrogen) atoms. The Morgan fingerprint density at radius 1 is 0.459 bits per heavy atom. The fourth-order valence-electron chi connectivity index (χ4n) is 12.3. The first-order chi connectivity index (χ1) is 52.4. The zero-order valence-electron chi connectivity index (χ0n) is 67.3. The molecular formula is C78H136Cl9N2O21P. The molecule has 1 aliphatic rings. The van der Waals surface area contributed by atoms with E-state index in [2.05, 4.69) is 31.4 Å². The number of amides is 2. The van der Waals surface area contributed by atoms with Gasteiger partial charge in [-0.15, -0.1) is 0 Å². The average Bonchev–Trinajstić information content (AvgIpc) is 0.778. The number of ether oxygens (including phenoxy) is 10. The smallest absolute Gasteiger partial charge is 0.466 e. The highest BCUT2D eigenvalue weighted by molar-refractivity contribution is 7.46. The van der Waals surface area contributed by atoms with Crippen molar-refractivity contribution in [2.75, 3.05) is 33.0 Å². The Morgan fingerprint density at radius 2 is 0.847 bits per heavy atom. The van der Waals surface area contributed by atoms with E-state index in [1.165, 1.54) is 130 Å². The molecule has 0 aromatic carbocycles. The van der Waals surface area contributed by atoms with Crippen molar-refractivity contribution in [1.82, 2.24) is 10.6 Å². The predicted octanol–water partition coefficient (Wildman–Crippen LogP) is 23.5. The Hall–Kier alpha value is -1.67. The fraction of sp³-hybridized carbons (Fsp3) is 0.910. The summed E-state index contributed by atoms with van der Waals surface area (Å²) in [6.07, 6.45) is 30.7. The van der Waals surface area contributed by atoms with E-state index >= 15 is 0 Å². The van der Waals surface area contributed by atoms with Crippen LogP contribution in [0, 0.1) is 0 Å². The lowest BCUT2D eigenvalue weighted by atomic mass is 9.96. The highest BCUT2D eigenvalue weighted by Gasteiger charge is 2.54. The maximum absolute atomic E-state index is 14.4. The zero-order chi connectivity index (χ0) is 83.0. The summed E-state index contributed by atoms with van der Waals surface area (Å²) in [5.74, 6) is -2.27. The Labute approximate surface area is 708 Å². The zero-order valence-corrected chi connectivity index (χ0v) is 75.0. The van der Waals surface area contributed by atoms with Gasteiger partial charge in [0.15, 0.2) is 23.6 Å². The van der Waals surface area contributed by atoms with Gasteiger partial charge in [0.25, 0.3) is 0 Å². The van der Waals surface area contributed by atoms with Crippen LogP contribution in [0.2, 0.25) is 0 Å². The van der Waals surface area contributed by atoms with Gasteiger partial charge in [0, 0.05) is 19.3 Å². The number of hydrogen-bond acceptors (Lipinski definition) is 19. The molecule has 4 N–H and O–H groups in total. The van der Waals surface area contributed by atoms with Crippen LogP contribution < -0.4 is 10.6 Å². The molecule has 0 unspecified atom stereocenters.